The summed E-state index contributed by atoms with van der Waals surface area (Å²) in [7, 11) is 0. The quantitative estimate of drug-likeness (QED) is 0.801. The van der Waals surface area contributed by atoms with Crippen molar-refractivity contribution < 1.29 is 10.2 Å². The maximum Gasteiger partial charge on any atom is 0.115 e. The van der Waals surface area contributed by atoms with Crippen LogP contribution in [0.1, 0.15) is 31.9 Å². The lowest BCUT2D eigenvalue weighted by Gasteiger charge is -2.30. The van der Waals surface area contributed by atoms with E-state index < -0.39 is 0 Å². The van der Waals surface area contributed by atoms with Crippen molar-refractivity contribution in [3.8, 4) is 5.75 Å². The molecule has 0 saturated carbocycles. The van der Waals surface area contributed by atoms with Gasteiger partial charge >= 0.3 is 0 Å². The van der Waals surface area contributed by atoms with Gasteiger partial charge in [-0.1, -0.05) is 12.1 Å². The van der Waals surface area contributed by atoms with Crippen molar-refractivity contribution in [1.82, 2.24) is 4.90 Å². The van der Waals surface area contributed by atoms with Crippen LogP contribution in [-0.2, 0) is 0 Å². The van der Waals surface area contributed by atoms with E-state index in [4.69, 9.17) is 0 Å². The van der Waals surface area contributed by atoms with E-state index in [9.17, 15) is 10.2 Å². The number of aliphatic hydroxyl groups is 1. The number of hydrogen-bond donors (Lipinski definition) is 2. The Morgan fingerprint density at radius 2 is 2.12 bits per heavy atom. The average molecular weight is 221 g/mol. The van der Waals surface area contributed by atoms with Gasteiger partial charge in [-0.3, -0.25) is 4.90 Å². The first kappa shape index (κ1) is 11.4. The molecule has 2 atom stereocenters. The summed E-state index contributed by atoms with van der Waals surface area (Å²) in [6.45, 7) is 5.18. The van der Waals surface area contributed by atoms with Gasteiger partial charge in [-0.15, -0.1) is 0 Å². The molecule has 88 valence electrons. The van der Waals surface area contributed by atoms with Crippen LogP contribution in [0.4, 0.5) is 0 Å². The van der Waals surface area contributed by atoms with Crippen molar-refractivity contribution >= 4 is 0 Å². The smallest absolute Gasteiger partial charge is 0.115 e. The summed E-state index contributed by atoms with van der Waals surface area (Å²) in [6, 6.07) is 7.62. The van der Waals surface area contributed by atoms with Gasteiger partial charge in [0.1, 0.15) is 5.75 Å². The van der Waals surface area contributed by atoms with Crippen LogP contribution < -0.4 is 0 Å². The Morgan fingerprint density at radius 3 is 2.75 bits per heavy atom. The molecule has 0 spiro atoms. The summed E-state index contributed by atoms with van der Waals surface area (Å²) in [5.41, 5.74) is 0.999. The van der Waals surface area contributed by atoms with Crippen molar-refractivity contribution in [1.29, 1.82) is 0 Å². The van der Waals surface area contributed by atoms with Crippen LogP contribution in [0.25, 0.3) is 0 Å². The van der Waals surface area contributed by atoms with E-state index in [-0.39, 0.29) is 17.9 Å². The Bertz CT molecular complexity index is 365. The van der Waals surface area contributed by atoms with E-state index in [1.807, 2.05) is 12.1 Å². The molecule has 1 saturated heterocycles. The Morgan fingerprint density at radius 1 is 1.38 bits per heavy atom. The molecule has 0 aromatic heterocycles. The summed E-state index contributed by atoms with van der Waals surface area (Å²) in [4.78, 5) is 2.28. The van der Waals surface area contributed by atoms with Gasteiger partial charge in [-0.05, 0) is 38.0 Å². The molecule has 1 fully saturated rings. The van der Waals surface area contributed by atoms with E-state index in [0.29, 0.717) is 6.04 Å². The third-order valence-electron chi connectivity index (χ3n) is 3.28. The molecule has 2 unspecified atom stereocenters. The lowest BCUT2D eigenvalue weighted by molar-refractivity contribution is 0.101. The van der Waals surface area contributed by atoms with Gasteiger partial charge in [-0.2, -0.15) is 0 Å². The van der Waals surface area contributed by atoms with Crippen LogP contribution in [0.3, 0.4) is 0 Å². The Labute approximate surface area is 96.3 Å². The maximum absolute atomic E-state index is 10.0. The molecule has 16 heavy (non-hydrogen) atoms. The Hall–Kier alpha value is -1.06. The molecule has 3 heteroatoms. The normalized spacial score (nSPS) is 26.5. The molecule has 3 nitrogen and oxygen atoms in total. The van der Waals surface area contributed by atoms with Crippen LogP contribution in [-0.4, -0.2) is 33.8 Å². The van der Waals surface area contributed by atoms with Gasteiger partial charge in [0.2, 0.25) is 0 Å². The fourth-order valence-electron chi connectivity index (χ4n) is 2.50. The van der Waals surface area contributed by atoms with E-state index in [0.717, 1.165) is 18.5 Å². The van der Waals surface area contributed by atoms with Crippen LogP contribution in [0.15, 0.2) is 24.3 Å². The SMILES string of the molecule is CC(C)N1CCC(O)C1c1cccc(O)c1. The number of nitrogens with zero attached hydrogens (tertiary/aromatic N) is 1. The summed E-state index contributed by atoms with van der Waals surface area (Å²) in [5.74, 6) is 0.264. The number of likely N-dealkylation sites (tertiary alicyclic amines) is 1. The highest BCUT2D eigenvalue weighted by molar-refractivity contribution is 5.30. The third kappa shape index (κ3) is 2.06. The van der Waals surface area contributed by atoms with Gasteiger partial charge in [0.15, 0.2) is 0 Å². The monoisotopic (exact) mass is 221 g/mol. The second-order valence-electron chi connectivity index (χ2n) is 4.73. The molecule has 2 rings (SSSR count). The van der Waals surface area contributed by atoms with E-state index in [1.165, 1.54) is 0 Å². The fourth-order valence-corrected chi connectivity index (χ4v) is 2.50. The second kappa shape index (κ2) is 4.44. The first-order valence-electron chi connectivity index (χ1n) is 5.82. The molecule has 1 heterocycles. The molecule has 1 aliphatic heterocycles. The zero-order valence-electron chi connectivity index (χ0n) is 9.80. The fraction of sp³-hybridized carbons (Fsp3) is 0.538. The van der Waals surface area contributed by atoms with Crippen LogP contribution in [0.2, 0.25) is 0 Å². The molecule has 1 aliphatic rings. The van der Waals surface area contributed by atoms with Crippen LogP contribution >= 0.6 is 0 Å². The minimum Gasteiger partial charge on any atom is -0.508 e. The van der Waals surface area contributed by atoms with E-state index in [2.05, 4.69) is 18.7 Å². The number of aliphatic hydroxyl groups excluding tert-OH is 1. The number of phenols is 1. The Balaban J connectivity index is 2.30. The van der Waals surface area contributed by atoms with Crippen LogP contribution in [0.5, 0.6) is 5.75 Å². The van der Waals surface area contributed by atoms with Crippen molar-refractivity contribution in [3.63, 3.8) is 0 Å². The van der Waals surface area contributed by atoms with Crippen molar-refractivity contribution in [2.24, 2.45) is 0 Å². The lowest BCUT2D eigenvalue weighted by atomic mass is 10.0. The summed E-state index contributed by atoms with van der Waals surface area (Å²) < 4.78 is 0. The third-order valence-corrected chi connectivity index (χ3v) is 3.28. The maximum atomic E-state index is 10.0. The number of rotatable bonds is 2. The Kier molecular flexibility index (Phi) is 3.17. The minimum atomic E-state index is -0.329. The molecule has 0 aliphatic carbocycles. The summed E-state index contributed by atoms with van der Waals surface area (Å²) >= 11 is 0. The molecular formula is C13H19NO2. The van der Waals surface area contributed by atoms with Crippen LogP contribution in [0, 0.1) is 0 Å². The van der Waals surface area contributed by atoms with Gasteiger partial charge < -0.3 is 10.2 Å². The molecule has 1 aromatic carbocycles. The van der Waals surface area contributed by atoms with Crippen molar-refractivity contribution in [3.05, 3.63) is 29.8 Å². The predicted molar refractivity (Wildman–Crippen MR) is 63.3 cm³/mol. The largest absolute Gasteiger partial charge is 0.508 e. The lowest BCUT2D eigenvalue weighted by Crippen LogP contribution is -2.33. The number of benzene rings is 1. The van der Waals surface area contributed by atoms with Gasteiger partial charge in [0.25, 0.3) is 0 Å². The van der Waals surface area contributed by atoms with Gasteiger partial charge in [0, 0.05) is 12.6 Å². The van der Waals surface area contributed by atoms with Crippen molar-refractivity contribution in [2.45, 2.75) is 38.5 Å². The predicted octanol–water partition coefficient (Wildman–Crippen LogP) is 1.91. The minimum absolute atomic E-state index is 0.0205. The molecule has 0 bridgehead atoms. The number of hydrogen-bond acceptors (Lipinski definition) is 3. The first-order valence-corrected chi connectivity index (χ1v) is 5.82. The zero-order chi connectivity index (χ0) is 11.7. The average Bonchev–Trinajstić information content (AvgIpc) is 2.60. The molecule has 0 amide bonds. The molecule has 2 N–H and O–H groups in total. The summed E-state index contributed by atoms with van der Waals surface area (Å²) in [5, 5.41) is 19.5. The summed E-state index contributed by atoms with van der Waals surface area (Å²) in [6.07, 6.45) is 0.475. The molecule has 0 radical (unpaired) electrons. The second-order valence-corrected chi connectivity index (χ2v) is 4.73. The highest BCUT2D eigenvalue weighted by Gasteiger charge is 2.35. The van der Waals surface area contributed by atoms with Gasteiger partial charge in [-0.25, -0.2) is 0 Å². The number of phenolic OH excluding ortho intramolecular Hbond substituents is 1. The van der Waals surface area contributed by atoms with E-state index in [1.54, 1.807) is 12.1 Å². The highest BCUT2D eigenvalue weighted by Crippen LogP contribution is 2.34. The standard InChI is InChI=1S/C13H19NO2/c1-9(2)14-7-6-12(16)13(14)10-4-3-5-11(15)8-10/h3-5,8-9,12-13,15-16H,6-7H2,1-2H3. The topological polar surface area (TPSA) is 43.7 Å². The highest BCUT2D eigenvalue weighted by atomic mass is 16.3. The van der Waals surface area contributed by atoms with Crippen molar-refractivity contribution in [2.75, 3.05) is 6.54 Å². The zero-order valence-corrected chi connectivity index (χ0v) is 9.80. The molecule has 1 aromatic rings. The van der Waals surface area contributed by atoms with Gasteiger partial charge in [0.05, 0.1) is 12.1 Å². The number of aromatic hydroxyl groups is 1. The first-order chi connectivity index (χ1) is 7.59. The molecular weight excluding hydrogens is 202 g/mol. The van der Waals surface area contributed by atoms with E-state index >= 15 is 0 Å².